The number of rotatable bonds is 2. The maximum atomic E-state index is 6.01. The molecule has 1 heterocycles. The second-order valence-corrected chi connectivity index (χ2v) is 6.54. The molecule has 1 saturated heterocycles. The number of benzene rings is 1. The van der Waals surface area contributed by atoms with Crippen molar-refractivity contribution < 1.29 is 0 Å². The highest BCUT2D eigenvalue weighted by molar-refractivity contribution is 14.1. The molecule has 1 aromatic rings. The SMILES string of the molecule is Clc1ccc(N2CCNC(C3CC3)C2)c(I)c1. The minimum absolute atomic E-state index is 0.690. The van der Waals surface area contributed by atoms with E-state index in [-0.39, 0.29) is 0 Å². The minimum Gasteiger partial charge on any atom is -0.368 e. The number of nitrogens with zero attached hydrogens (tertiary/aromatic N) is 1. The molecule has 1 aliphatic heterocycles. The molecule has 2 aliphatic rings. The van der Waals surface area contributed by atoms with Crippen molar-refractivity contribution in [3.63, 3.8) is 0 Å². The molecule has 1 aliphatic carbocycles. The molecule has 17 heavy (non-hydrogen) atoms. The number of nitrogens with one attached hydrogen (secondary N) is 1. The summed E-state index contributed by atoms with van der Waals surface area (Å²) in [6.45, 7) is 3.34. The highest BCUT2D eigenvalue weighted by Gasteiger charge is 2.34. The Morgan fingerprint density at radius 1 is 1.35 bits per heavy atom. The van der Waals surface area contributed by atoms with E-state index in [0.29, 0.717) is 6.04 Å². The normalized spacial score (nSPS) is 25.1. The number of anilines is 1. The van der Waals surface area contributed by atoms with Crippen LogP contribution in [0, 0.1) is 9.49 Å². The summed E-state index contributed by atoms with van der Waals surface area (Å²) in [6.07, 6.45) is 2.81. The van der Waals surface area contributed by atoms with Crippen LogP contribution in [0.15, 0.2) is 18.2 Å². The van der Waals surface area contributed by atoms with Crippen LogP contribution in [0.25, 0.3) is 0 Å². The Hall–Kier alpha value is -0.000000000000000111. The first-order valence-corrected chi connectivity index (χ1v) is 7.63. The summed E-state index contributed by atoms with van der Waals surface area (Å²) in [7, 11) is 0. The monoisotopic (exact) mass is 362 g/mol. The fraction of sp³-hybridized carbons (Fsp3) is 0.538. The Morgan fingerprint density at radius 2 is 2.18 bits per heavy atom. The van der Waals surface area contributed by atoms with Crippen molar-refractivity contribution in [2.75, 3.05) is 24.5 Å². The minimum atomic E-state index is 0.690. The molecular formula is C13H16ClIN2. The maximum absolute atomic E-state index is 6.01. The van der Waals surface area contributed by atoms with Gasteiger partial charge in [0.25, 0.3) is 0 Å². The van der Waals surface area contributed by atoms with E-state index < -0.39 is 0 Å². The van der Waals surface area contributed by atoms with Gasteiger partial charge < -0.3 is 10.2 Å². The van der Waals surface area contributed by atoms with Crippen LogP contribution in [0.4, 0.5) is 5.69 Å². The molecule has 0 bridgehead atoms. The topological polar surface area (TPSA) is 15.3 Å². The van der Waals surface area contributed by atoms with Crippen LogP contribution in [0.2, 0.25) is 5.02 Å². The first-order chi connectivity index (χ1) is 8.24. The second-order valence-electron chi connectivity index (χ2n) is 4.94. The third-order valence-electron chi connectivity index (χ3n) is 3.65. The summed E-state index contributed by atoms with van der Waals surface area (Å²) in [5, 5.41) is 4.47. The van der Waals surface area contributed by atoms with E-state index in [2.05, 4.69) is 38.9 Å². The third-order valence-corrected chi connectivity index (χ3v) is 4.75. The molecule has 4 heteroatoms. The lowest BCUT2D eigenvalue weighted by Crippen LogP contribution is -2.52. The van der Waals surface area contributed by atoms with E-state index in [1.807, 2.05) is 12.1 Å². The Morgan fingerprint density at radius 3 is 2.88 bits per heavy atom. The average Bonchev–Trinajstić information content (AvgIpc) is 3.13. The molecule has 2 nitrogen and oxygen atoms in total. The first kappa shape index (κ1) is 12.1. The van der Waals surface area contributed by atoms with Gasteiger partial charge in [-0.2, -0.15) is 0 Å². The summed E-state index contributed by atoms with van der Waals surface area (Å²) in [4.78, 5) is 2.50. The standard InChI is InChI=1S/C13H16ClIN2/c14-10-3-4-13(11(15)7-10)17-6-5-16-12(8-17)9-1-2-9/h3-4,7,9,12,16H,1-2,5-6,8H2. The molecule has 0 radical (unpaired) electrons. The number of hydrogen-bond acceptors (Lipinski definition) is 2. The van der Waals surface area contributed by atoms with Crippen molar-refractivity contribution in [1.82, 2.24) is 5.32 Å². The van der Waals surface area contributed by atoms with Crippen LogP contribution in [0.3, 0.4) is 0 Å². The molecule has 1 saturated carbocycles. The fourth-order valence-corrected chi connectivity index (χ4v) is 3.76. The van der Waals surface area contributed by atoms with Crippen LogP contribution in [-0.2, 0) is 0 Å². The van der Waals surface area contributed by atoms with Crippen LogP contribution in [0.1, 0.15) is 12.8 Å². The van der Waals surface area contributed by atoms with Gasteiger partial charge in [0.05, 0.1) is 5.69 Å². The predicted molar refractivity (Wildman–Crippen MR) is 80.9 cm³/mol. The van der Waals surface area contributed by atoms with E-state index in [1.54, 1.807) is 0 Å². The largest absolute Gasteiger partial charge is 0.368 e. The highest BCUT2D eigenvalue weighted by Crippen LogP contribution is 2.35. The average molecular weight is 363 g/mol. The summed E-state index contributed by atoms with van der Waals surface area (Å²) in [5.41, 5.74) is 1.34. The lowest BCUT2D eigenvalue weighted by Gasteiger charge is -2.36. The van der Waals surface area contributed by atoms with E-state index in [0.717, 1.165) is 30.6 Å². The molecule has 92 valence electrons. The van der Waals surface area contributed by atoms with Crippen LogP contribution >= 0.6 is 34.2 Å². The van der Waals surface area contributed by atoms with Crippen molar-refractivity contribution in [1.29, 1.82) is 0 Å². The van der Waals surface area contributed by atoms with Gasteiger partial charge in [-0.15, -0.1) is 0 Å². The zero-order valence-corrected chi connectivity index (χ0v) is 12.5. The van der Waals surface area contributed by atoms with Crippen LogP contribution < -0.4 is 10.2 Å². The Kier molecular flexibility index (Phi) is 3.50. The van der Waals surface area contributed by atoms with E-state index in [9.17, 15) is 0 Å². The lowest BCUT2D eigenvalue weighted by atomic mass is 10.1. The maximum Gasteiger partial charge on any atom is 0.0503 e. The van der Waals surface area contributed by atoms with E-state index >= 15 is 0 Å². The van der Waals surface area contributed by atoms with Crippen molar-refractivity contribution >= 4 is 39.9 Å². The number of halogens is 2. The molecule has 0 spiro atoms. The van der Waals surface area contributed by atoms with Crippen LogP contribution in [-0.4, -0.2) is 25.7 Å². The quantitative estimate of drug-likeness (QED) is 0.813. The van der Waals surface area contributed by atoms with Crippen LogP contribution in [0.5, 0.6) is 0 Å². The zero-order chi connectivity index (χ0) is 11.8. The molecule has 1 unspecified atom stereocenters. The summed E-state index contributed by atoms with van der Waals surface area (Å²) >= 11 is 8.39. The summed E-state index contributed by atoms with van der Waals surface area (Å²) in [6, 6.07) is 6.88. The van der Waals surface area contributed by atoms with Gasteiger partial charge in [0, 0.05) is 34.3 Å². The van der Waals surface area contributed by atoms with Crippen molar-refractivity contribution in [3.05, 3.63) is 26.8 Å². The van der Waals surface area contributed by atoms with Gasteiger partial charge in [-0.25, -0.2) is 0 Å². The Labute approximate surface area is 121 Å². The fourth-order valence-electron chi connectivity index (χ4n) is 2.55. The van der Waals surface area contributed by atoms with Gasteiger partial charge in [-0.05, 0) is 59.5 Å². The van der Waals surface area contributed by atoms with E-state index in [4.69, 9.17) is 11.6 Å². The first-order valence-electron chi connectivity index (χ1n) is 6.17. The highest BCUT2D eigenvalue weighted by atomic mass is 127. The summed E-state index contributed by atoms with van der Waals surface area (Å²) in [5.74, 6) is 0.919. The number of hydrogen-bond donors (Lipinski definition) is 1. The zero-order valence-electron chi connectivity index (χ0n) is 9.63. The van der Waals surface area contributed by atoms with Gasteiger partial charge >= 0.3 is 0 Å². The smallest absolute Gasteiger partial charge is 0.0503 e. The molecule has 1 N–H and O–H groups in total. The molecule has 2 fully saturated rings. The number of piperazine rings is 1. The molecule has 1 aromatic carbocycles. The molecule has 0 amide bonds. The van der Waals surface area contributed by atoms with E-state index in [1.165, 1.54) is 22.1 Å². The molecule has 0 aromatic heterocycles. The Balaban J connectivity index is 1.77. The van der Waals surface area contributed by atoms with Crippen molar-refractivity contribution in [3.8, 4) is 0 Å². The molecule has 3 rings (SSSR count). The van der Waals surface area contributed by atoms with Gasteiger partial charge in [0.1, 0.15) is 0 Å². The summed E-state index contributed by atoms with van der Waals surface area (Å²) < 4.78 is 1.26. The molecular weight excluding hydrogens is 347 g/mol. The Bertz CT molecular complexity index is 420. The van der Waals surface area contributed by atoms with Crippen molar-refractivity contribution in [2.45, 2.75) is 18.9 Å². The van der Waals surface area contributed by atoms with Crippen molar-refractivity contribution in [2.24, 2.45) is 5.92 Å². The second kappa shape index (κ2) is 4.94. The van der Waals surface area contributed by atoms with Gasteiger partial charge in [-0.1, -0.05) is 11.6 Å². The predicted octanol–water partition coefficient (Wildman–Crippen LogP) is 3.13. The van der Waals surface area contributed by atoms with Gasteiger partial charge in [0.15, 0.2) is 0 Å². The molecule has 1 atom stereocenters. The van der Waals surface area contributed by atoms with Gasteiger partial charge in [-0.3, -0.25) is 0 Å². The van der Waals surface area contributed by atoms with Gasteiger partial charge in [0.2, 0.25) is 0 Å². The third kappa shape index (κ3) is 2.71. The lowest BCUT2D eigenvalue weighted by molar-refractivity contribution is 0.418.